The number of hydrogen-bond acceptors (Lipinski definition) is 1. The number of hydrogen-bond donors (Lipinski definition) is 1. The van der Waals surface area contributed by atoms with Gasteiger partial charge in [0.15, 0.2) is 0 Å². The van der Waals surface area contributed by atoms with E-state index in [1.54, 1.807) is 0 Å². The van der Waals surface area contributed by atoms with E-state index in [-0.39, 0.29) is 0 Å². The van der Waals surface area contributed by atoms with E-state index in [2.05, 4.69) is 35.5 Å². The molecule has 1 heterocycles. The number of fused-ring (bicyclic) bond motifs is 1. The van der Waals surface area contributed by atoms with Gasteiger partial charge in [-0.15, -0.1) is 12.3 Å². The molecule has 1 N–H and O–H groups in total. The smallest absolute Gasteiger partial charge is 0.0374 e. The Hall–Kier alpha value is -1.42. The number of rotatable bonds is 3. The quantitative estimate of drug-likeness (QED) is 0.582. The number of aryl methyl sites for hydroxylation is 1. The van der Waals surface area contributed by atoms with Crippen LogP contribution >= 0.6 is 0 Å². The van der Waals surface area contributed by atoms with Crippen molar-refractivity contribution in [2.45, 2.75) is 38.1 Å². The third-order valence-electron chi connectivity index (χ3n) is 3.01. The third kappa shape index (κ3) is 2.53. The molecule has 0 spiro atoms. The third-order valence-corrected chi connectivity index (χ3v) is 3.01. The Morgan fingerprint density at radius 2 is 2.27 bits per heavy atom. The summed E-state index contributed by atoms with van der Waals surface area (Å²) in [5, 5.41) is 3.59. The standard InChI is InChI=1S/C14H17N/c1-2-3-4-8-13-11-10-12-7-5-6-9-14(12)15-13/h1,5-7,9,13,15H,3-4,8,10-11H2. The van der Waals surface area contributed by atoms with Gasteiger partial charge in [0.05, 0.1) is 0 Å². The molecule has 1 heteroatoms. The molecule has 0 aliphatic carbocycles. The molecule has 1 unspecified atom stereocenters. The molecule has 0 fully saturated rings. The maximum Gasteiger partial charge on any atom is 0.0374 e. The molecule has 0 aromatic heterocycles. The second-order valence-corrected chi connectivity index (χ2v) is 4.13. The predicted octanol–water partition coefficient (Wildman–Crippen LogP) is 3.22. The van der Waals surface area contributed by atoms with Gasteiger partial charge in [-0.1, -0.05) is 18.2 Å². The van der Waals surface area contributed by atoms with Crippen LogP contribution in [0.5, 0.6) is 0 Å². The summed E-state index contributed by atoms with van der Waals surface area (Å²) in [4.78, 5) is 0. The maximum absolute atomic E-state index is 5.25. The van der Waals surface area contributed by atoms with E-state index in [4.69, 9.17) is 6.42 Å². The first-order chi connectivity index (χ1) is 7.40. The minimum atomic E-state index is 0.619. The Kier molecular flexibility index (Phi) is 3.29. The lowest BCUT2D eigenvalue weighted by atomic mass is 9.95. The van der Waals surface area contributed by atoms with E-state index in [1.165, 1.54) is 30.5 Å². The van der Waals surface area contributed by atoms with Crippen LogP contribution in [0.3, 0.4) is 0 Å². The maximum atomic E-state index is 5.25. The van der Waals surface area contributed by atoms with Crippen LogP contribution in [-0.4, -0.2) is 6.04 Å². The van der Waals surface area contributed by atoms with Gasteiger partial charge in [-0.05, 0) is 37.3 Å². The van der Waals surface area contributed by atoms with Crippen LogP contribution in [0.1, 0.15) is 31.2 Å². The van der Waals surface area contributed by atoms with Crippen molar-refractivity contribution in [2.75, 3.05) is 5.32 Å². The highest BCUT2D eigenvalue weighted by Gasteiger charge is 2.15. The Morgan fingerprint density at radius 1 is 1.40 bits per heavy atom. The average Bonchev–Trinajstić information content (AvgIpc) is 2.29. The number of unbranched alkanes of at least 4 members (excludes halogenated alkanes) is 1. The van der Waals surface area contributed by atoms with Gasteiger partial charge in [0.1, 0.15) is 0 Å². The minimum Gasteiger partial charge on any atom is -0.382 e. The van der Waals surface area contributed by atoms with Crippen molar-refractivity contribution in [1.29, 1.82) is 0 Å². The van der Waals surface area contributed by atoms with Crippen LogP contribution in [0.25, 0.3) is 0 Å². The number of para-hydroxylation sites is 1. The van der Waals surface area contributed by atoms with E-state index in [0.717, 1.165) is 12.8 Å². The van der Waals surface area contributed by atoms with Crippen LogP contribution in [0, 0.1) is 12.3 Å². The van der Waals surface area contributed by atoms with Gasteiger partial charge in [-0.2, -0.15) is 0 Å². The lowest BCUT2D eigenvalue weighted by Crippen LogP contribution is -2.25. The van der Waals surface area contributed by atoms with Gasteiger partial charge < -0.3 is 5.32 Å². The highest BCUT2D eigenvalue weighted by atomic mass is 14.9. The molecule has 0 bridgehead atoms. The molecule has 1 atom stereocenters. The van der Waals surface area contributed by atoms with E-state index in [9.17, 15) is 0 Å². The number of anilines is 1. The van der Waals surface area contributed by atoms with Gasteiger partial charge in [-0.25, -0.2) is 0 Å². The summed E-state index contributed by atoms with van der Waals surface area (Å²) >= 11 is 0. The molecule has 1 nitrogen and oxygen atoms in total. The van der Waals surface area contributed by atoms with Crippen molar-refractivity contribution in [1.82, 2.24) is 0 Å². The van der Waals surface area contributed by atoms with E-state index < -0.39 is 0 Å². The van der Waals surface area contributed by atoms with Gasteiger partial charge in [0.25, 0.3) is 0 Å². The lowest BCUT2D eigenvalue weighted by molar-refractivity contribution is 0.568. The van der Waals surface area contributed by atoms with Crippen LogP contribution < -0.4 is 5.32 Å². The fourth-order valence-corrected chi connectivity index (χ4v) is 2.17. The topological polar surface area (TPSA) is 12.0 Å². The van der Waals surface area contributed by atoms with Crippen molar-refractivity contribution in [3.05, 3.63) is 29.8 Å². The highest BCUT2D eigenvalue weighted by Crippen LogP contribution is 2.26. The summed E-state index contributed by atoms with van der Waals surface area (Å²) < 4.78 is 0. The monoisotopic (exact) mass is 199 g/mol. The minimum absolute atomic E-state index is 0.619. The zero-order valence-corrected chi connectivity index (χ0v) is 9.00. The van der Waals surface area contributed by atoms with Crippen molar-refractivity contribution < 1.29 is 0 Å². The van der Waals surface area contributed by atoms with Crippen LogP contribution in [0.2, 0.25) is 0 Å². The number of nitrogens with one attached hydrogen (secondary N) is 1. The SMILES string of the molecule is C#CCCCC1CCc2ccccc2N1. The predicted molar refractivity (Wildman–Crippen MR) is 64.9 cm³/mol. The largest absolute Gasteiger partial charge is 0.382 e. The Labute approximate surface area is 91.9 Å². The van der Waals surface area contributed by atoms with Gasteiger partial charge in [-0.3, -0.25) is 0 Å². The average molecular weight is 199 g/mol. The van der Waals surface area contributed by atoms with Gasteiger partial charge in [0, 0.05) is 18.2 Å². The Balaban J connectivity index is 1.92. The summed E-state index contributed by atoms with van der Waals surface area (Å²) in [5.74, 6) is 2.70. The summed E-state index contributed by atoms with van der Waals surface area (Å²) in [6.07, 6.45) is 10.9. The molecular weight excluding hydrogens is 182 g/mol. The molecule has 2 rings (SSSR count). The molecular formula is C14H17N. The molecule has 78 valence electrons. The zero-order chi connectivity index (χ0) is 10.5. The summed E-state index contributed by atoms with van der Waals surface area (Å²) in [5.41, 5.74) is 2.76. The first-order valence-electron chi connectivity index (χ1n) is 5.68. The van der Waals surface area contributed by atoms with Gasteiger partial charge in [0.2, 0.25) is 0 Å². The second-order valence-electron chi connectivity index (χ2n) is 4.13. The molecule has 1 aromatic rings. The molecule has 0 amide bonds. The second kappa shape index (κ2) is 4.89. The molecule has 0 saturated heterocycles. The van der Waals surface area contributed by atoms with E-state index in [1.807, 2.05) is 0 Å². The summed E-state index contributed by atoms with van der Waals surface area (Å²) in [6.45, 7) is 0. The highest BCUT2D eigenvalue weighted by molar-refractivity contribution is 5.53. The molecule has 0 saturated carbocycles. The van der Waals surface area contributed by atoms with Crippen LogP contribution in [0.4, 0.5) is 5.69 Å². The normalized spacial score (nSPS) is 18.7. The first-order valence-corrected chi connectivity index (χ1v) is 5.68. The van der Waals surface area contributed by atoms with Crippen LogP contribution in [0.15, 0.2) is 24.3 Å². The fourth-order valence-electron chi connectivity index (χ4n) is 2.17. The first kappa shape index (κ1) is 10.1. The Bertz CT molecular complexity index is 362. The van der Waals surface area contributed by atoms with Crippen LogP contribution in [-0.2, 0) is 6.42 Å². The number of terminal acetylenes is 1. The summed E-state index contributed by atoms with van der Waals surface area (Å²) in [6, 6.07) is 9.20. The molecule has 15 heavy (non-hydrogen) atoms. The summed E-state index contributed by atoms with van der Waals surface area (Å²) in [7, 11) is 0. The van der Waals surface area contributed by atoms with Gasteiger partial charge >= 0.3 is 0 Å². The van der Waals surface area contributed by atoms with Crippen molar-refractivity contribution in [3.63, 3.8) is 0 Å². The van der Waals surface area contributed by atoms with E-state index >= 15 is 0 Å². The van der Waals surface area contributed by atoms with Crippen molar-refractivity contribution in [2.24, 2.45) is 0 Å². The van der Waals surface area contributed by atoms with Crippen molar-refractivity contribution in [3.8, 4) is 12.3 Å². The number of benzene rings is 1. The Morgan fingerprint density at radius 3 is 3.13 bits per heavy atom. The molecule has 1 aliphatic rings. The fraction of sp³-hybridized carbons (Fsp3) is 0.429. The molecule has 1 aromatic carbocycles. The molecule has 1 aliphatic heterocycles. The lowest BCUT2D eigenvalue weighted by Gasteiger charge is -2.26. The molecule has 0 radical (unpaired) electrons. The van der Waals surface area contributed by atoms with Crippen molar-refractivity contribution >= 4 is 5.69 Å². The van der Waals surface area contributed by atoms with E-state index in [0.29, 0.717) is 6.04 Å². The zero-order valence-electron chi connectivity index (χ0n) is 9.00.